The van der Waals surface area contributed by atoms with E-state index in [1.54, 1.807) is 66.7 Å². The van der Waals surface area contributed by atoms with Gasteiger partial charge in [-0.1, -0.05) is 35.3 Å². The second-order valence-electron chi connectivity index (χ2n) is 6.70. The smallest absolute Gasteiger partial charge is 0.337 e. The van der Waals surface area contributed by atoms with Crippen LogP contribution in [0.2, 0.25) is 10.0 Å². The third kappa shape index (κ3) is 4.38. The van der Waals surface area contributed by atoms with Gasteiger partial charge < -0.3 is 4.74 Å². The average Bonchev–Trinajstić information content (AvgIpc) is 3.10. The fourth-order valence-corrected chi connectivity index (χ4v) is 3.38. The molecule has 0 bridgehead atoms. The molecule has 4 rings (SSSR count). The van der Waals surface area contributed by atoms with E-state index >= 15 is 0 Å². The molecule has 0 spiro atoms. The minimum absolute atomic E-state index is 0.269. The molecule has 0 unspecified atom stereocenters. The van der Waals surface area contributed by atoms with Crippen molar-refractivity contribution in [1.82, 2.24) is 0 Å². The molecule has 0 atom stereocenters. The van der Waals surface area contributed by atoms with Crippen LogP contribution < -0.4 is 4.90 Å². The van der Waals surface area contributed by atoms with Crippen molar-refractivity contribution in [3.05, 3.63) is 105 Å². The molecular weight excluding hydrogens is 435 g/mol. The van der Waals surface area contributed by atoms with Gasteiger partial charge in [-0.25, -0.2) is 9.79 Å². The lowest BCUT2D eigenvalue weighted by molar-refractivity contribution is -0.113. The van der Waals surface area contributed by atoms with Crippen molar-refractivity contribution < 1.29 is 14.3 Å². The average molecular weight is 451 g/mol. The third-order valence-electron chi connectivity index (χ3n) is 4.68. The van der Waals surface area contributed by atoms with Gasteiger partial charge in [0.2, 0.25) is 0 Å². The van der Waals surface area contributed by atoms with Gasteiger partial charge >= 0.3 is 5.97 Å². The molecule has 0 saturated heterocycles. The van der Waals surface area contributed by atoms with Crippen LogP contribution >= 0.6 is 23.2 Å². The fourth-order valence-electron chi connectivity index (χ4n) is 3.13. The molecule has 7 heteroatoms. The van der Waals surface area contributed by atoms with Crippen molar-refractivity contribution >= 4 is 52.7 Å². The van der Waals surface area contributed by atoms with Gasteiger partial charge in [-0.15, -0.1) is 0 Å². The van der Waals surface area contributed by atoms with E-state index in [-0.39, 0.29) is 11.6 Å². The molecule has 3 aromatic rings. The van der Waals surface area contributed by atoms with Gasteiger partial charge in [-0.3, -0.25) is 9.69 Å². The van der Waals surface area contributed by atoms with Gasteiger partial charge in [0.15, 0.2) is 0 Å². The summed E-state index contributed by atoms with van der Waals surface area (Å²) in [7, 11) is 1.33. The third-order valence-corrected chi connectivity index (χ3v) is 5.19. The molecule has 1 aliphatic heterocycles. The maximum atomic E-state index is 13.3. The Morgan fingerprint density at radius 2 is 1.48 bits per heavy atom. The molecule has 0 radical (unpaired) electrons. The molecule has 31 heavy (non-hydrogen) atoms. The van der Waals surface area contributed by atoms with Gasteiger partial charge in [0.25, 0.3) is 5.91 Å². The Morgan fingerprint density at radius 1 is 0.903 bits per heavy atom. The largest absolute Gasteiger partial charge is 0.465 e. The van der Waals surface area contributed by atoms with Crippen molar-refractivity contribution in [2.45, 2.75) is 0 Å². The highest BCUT2D eigenvalue weighted by molar-refractivity contribution is 6.34. The molecule has 0 N–H and O–H groups in total. The van der Waals surface area contributed by atoms with E-state index in [1.807, 2.05) is 12.1 Å². The number of benzene rings is 3. The maximum Gasteiger partial charge on any atom is 0.337 e. The minimum atomic E-state index is -0.423. The first-order valence-electron chi connectivity index (χ1n) is 9.31. The summed E-state index contributed by atoms with van der Waals surface area (Å²) < 4.78 is 4.71. The quantitative estimate of drug-likeness (QED) is 0.383. The monoisotopic (exact) mass is 450 g/mol. The van der Waals surface area contributed by atoms with Crippen molar-refractivity contribution in [3.63, 3.8) is 0 Å². The molecule has 0 fully saturated rings. The standard InChI is InChI=1S/C24H16Cl2N2O3/c1-31-24(30)17-4-2-15(3-5-17)14-21-23(29)28(20-12-10-19(26)11-13-20)22(27-21)16-6-8-18(25)9-7-16/h2-14H,1H3/b21-14+. The first-order chi connectivity index (χ1) is 15.0. The normalized spacial score (nSPS) is 14.7. The zero-order chi connectivity index (χ0) is 22.0. The van der Waals surface area contributed by atoms with Crippen LogP contribution in [-0.4, -0.2) is 24.8 Å². The summed E-state index contributed by atoms with van der Waals surface area (Å²) in [6, 6.07) is 20.8. The minimum Gasteiger partial charge on any atom is -0.465 e. The molecule has 0 aromatic heterocycles. The molecule has 5 nitrogen and oxygen atoms in total. The Balaban J connectivity index is 1.75. The number of amidine groups is 1. The molecular formula is C24H16Cl2N2O3. The van der Waals surface area contributed by atoms with E-state index in [4.69, 9.17) is 27.9 Å². The molecule has 154 valence electrons. The number of hydrogen-bond donors (Lipinski definition) is 0. The first kappa shape index (κ1) is 20.8. The summed E-state index contributed by atoms with van der Waals surface area (Å²) in [6.07, 6.45) is 1.68. The van der Waals surface area contributed by atoms with Crippen LogP contribution in [-0.2, 0) is 9.53 Å². The predicted molar refractivity (Wildman–Crippen MR) is 123 cm³/mol. The number of methoxy groups -OCH3 is 1. The zero-order valence-corrected chi connectivity index (χ0v) is 17.9. The molecule has 1 heterocycles. The zero-order valence-electron chi connectivity index (χ0n) is 16.4. The summed E-state index contributed by atoms with van der Waals surface area (Å²) in [4.78, 5) is 31.0. The Kier molecular flexibility index (Phi) is 5.89. The summed E-state index contributed by atoms with van der Waals surface area (Å²) in [5.41, 5.74) is 2.82. The van der Waals surface area contributed by atoms with E-state index in [9.17, 15) is 9.59 Å². The number of aliphatic imine (C=N–C) groups is 1. The van der Waals surface area contributed by atoms with E-state index in [2.05, 4.69) is 4.99 Å². The van der Waals surface area contributed by atoms with Crippen LogP contribution in [0.25, 0.3) is 6.08 Å². The maximum absolute atomic E-state index is 13.3. The molecule has 0 saturated carbocycles. The van der Waals surface area contributed by atoms with Gasteiger partial charge in [-0.05, 0) is 72.3 Å². The van der Waals surface area contributed by atoms with Crippen LogP contribution in [0.15, 0.2) is 83.5 Å². The topological polar surface area (TPSA) is 59.0 Å². The lowest BCUT2D eigenvalue weighted by Gasteiger charge is -2.18. The second-order valence-corrected chi connectivity index (χ2v) is 7.58. The van der Waals surface area contributed by atoms with E-state index in [1.165, 1.54) is 12.0 Å². The number of hydrogen-bond acceptors (Lipinski definition) is 4. The van der Waals surface area contributed by atoms with Crippen LogP contribution in [0, 0.1) is 0 Å². The van der Waals surface area contributed by atoms with Crippen LogP contribution in [0.5, 0.6) is 0 Å². The van der Waals surface area contributed by atoms with Crippen molar-refractivity contribution in [2.24, 2.45) is 4.99 Å². The summed E-state index contributed by atoms with van der Waals surface area (Å²) in [6.45, 7) is 0. The first-order valence-corrected chi connectivity index (χ1v) is 10.1. The number of anilines is 1. The van der Waals surface area contributed by atoms with Crippen LogP contribution in [0.1, 0.15) is 21.5 Å². The molecule has 1 amide bonds. The van der Waals surface area contributed by atoms with Gasteiger partial charge in [-0.2, -0.15) is 0 Å². The van der Waals surface area contributed by atoms with Gasteiger partial charge in [0.1, 0.15) is 11.5 Å². The van der Waals surface area contributed by atoms with Gasteiger partial charge in [0, 0.05) is 15.6 Å². The molecule has 3 aromatic carbocycles. The Bertz CT molecular complexity index is 1200. The number of esters is 1. The molecule has 1 aliphatic rings. The van der Waals surface area contributed by atoms with Crippen molar-refractivity contribution in [3.8, 4) is 0 Å². The number of ether oxygens (including phenoxy) is 1. The van der Waals surface area contributed by atoms with E-state index < -0.39 is 5.97 Å². The Morgan fingerprint density at radius 3 is 2.06 bits per heavy atom. The second kappa shape index (κ2) is 8.76. The lowest BCUT2D eigenvalue weighted by Crippen LogP contribution is -2.32. The van der Waals surface area contributed by atoms with Crippen molar-refractivity contribution in [1.29, 1.82) is 0 Å². The highest BCUT2D eigenvalue weighted by Crippen LogP contribution is 2.29. The van der Waals surface area contributed by atoms with Crippen LogP contribution in [0.3, 0.4) is 0 Å². The number of amides is 1. The summed E-state index contributed by atoms with van der Waals surface area (Å²) in [5, 5.41) is 1.16. The number of halogens is 2. The highest BCUT2D eigenvalue weighted by Gasteiger charge is 2.32. The van der Waals surface area contributed by atoms with E-state index in [0.717, 1.165) is 11.1 Å². The number of nitrogens with zero attached hydrogens (tertiary/aromatic N) is 2. The predicted octanol–water partition coefficient (Wildman–Crippen LogP) is 5.61. The summed E-state index contributed by atoms with van der Waals surface area (Å²) in [5.74, 6) is -0.209. The fraction of sp³-hybridized carbons (Fsp3) is 0.0417. The Hall–Kier alpha value is -3.41. The summed E-state index contributed by atoms with van der Waals surface area (Å²) >= 11 is 12.0. The highest BCUT2D eigenvalue weighted by atomic mass is 35.5. The number of rotatable bonds is 4. The number of carbonyl (C=O) groups excluding carboxylic acids is 2. The van der Waals surface area contributed by atoms with Crippen molar-refractivity contribution in [2.75, 3.05) is 12.0 Å². The van der Waals surface area contributed by atoms with E-state index in [0.29, 0.717) is 27.1 Å². The van der Waals surface area contributed by atoms with Gasteiger partial charge in [0.05, 0.1) is 18.4 Å². The Labute approximate surface area is 189 Å². The molecule has 0 aliphatic carbocycles. The lowest BCUT2D eigenvalue weighted by atomic mass is 10.1. The number of carbonyl (C=O) groups is 2. The SMILES string of the molecule is COC(=O)c1ccc(/C=C2/N=C(c3ccc(Cl)cc3)N(c3ccc(Cl)cc3)C2=O)cc1. The van der Waals surface area contributed by atoms with Crippen LogP contribution in [0.4, 0.5) is 5.69 Å².